The third kappa shape index (κ3) is 1.95. The van der Waals surface area contributed by atoms with Gasteiger partial charge in [0.15, 0.2) is 0 Å². The molecule has 0 aromatic carbocycles. The van der Waals surface area contributed by atoms with Crippen LogP contribution in [0.4, 0.5) is 0 Å². The van der Waals surface area contributed by atoms with E-state index in [2.05, 4.69) is 20.9 Å². The number of allylic oxidation sites excluding steroid dienone is 1. The van der Waals surface area contributed by atoms with Gasteiger partial charge in [-0.2, -0.15) is 0 Å². The van der Waals surface area contributed by atoms with Gasteiger partial charge in [-0.1, -0.05) is 6.08 Å². The topological polar surface area (TPSA) is 12.9 Å². The van der Waals surface area contributed by atoms with Gasteiger partial charge in [-0.25, -0.2) is 0 Å². The van der Waals surface area contributed by atoms with Crippen LogP contribution >= 0.6 is 15.9 Å². The summed E-state index contributed by atoms with van der Waals surface area (Å²) in [6.07, 6.45) is 5.72. The van der Waals surface area contributed by atoms with Crippen molar-refractivity contribution in [2.24, 2.45) is 0 Å². The third-order valence-electron chi connectivity index (χ3n) is 1.09. The number of pyridine rings is 1. The van der Waals surface area contributed by atoms with Crippen LogP contribution in [0.15, 0.2) is 28.9 Å². The van der Waals surface area contributed by atoms with E-state index in [1.807, 2.05) is 31.2 Å². The van der Waals surface area contributed by atoms with Crippen molar-refractivity contribution >= 4 is 22.0 Å². The molecule has 52 valence electrons. The maximum atomic E-state index is 4.13. The number of rotatable bonds is 1. The van der Waals surface area contributed by atoms with Crippen molar-refractivity contribution in [2.75, 3.05) is 0 Å². The van der Waals surface area contributed by atoms with E-state index in [4.69, 9.17) is 0 Å². The Hall–Kier alpha value is -0.630. The average Bonchev–Trinajstić information content (AvgIpc) is 1.95. The van der Waals surface area contributed by atoms with E-state index in [0.717, 1.165) is 10.2 Å². The first-order chi connectivity index (χ1) is 4.83. The fourth-order valence-corrected chi connectivity index (χ4v) is 0.891. The Balaban J connectivity index is 2.89. The van der Waals surface area contributed by atoms with Crippen LogP contribution in [0, 0.1) is 0 Å². The summed E-state index contributed by atoms with van der Waals surface area (Å²) in [6, 6.07) is 3.94. The van der Waals surface area contributed by atoms with E-state index in [1.165, 1.54) is 0 Å². The molecular formula is C8H8BrN. The van der Waals surface area contributed by atoms with Crippen LogP contribution in [0.1, 0.15) is 12.6 Å². The summed E-state index contributed by atoms with van der Waals surface area (Å²) in [7, 11) is 0. The van der Waals surface area contributed by atoms with Crippen LogP contribution in [0.5, 0.6) is 0 Å². The molecule has 10 heavy (non-hydrogen) atoms. The largest absolute Gasteiger partial charge is 0.256 e. The van der Waals surface area contributed by atoms with Gasteiger partial charge >= 0.3 is 0 Å². The standard InChI is InChI=1S/C8H8BrN/c1-2-3-8-5-4-7(9)6-10-8/h2-6H,1H3. The number of halogens is 1. The van der Waals surface area contributed by atoms with Gasteiger partial charge in [-0.05, 0) is 41.1 Å². The first-order valence-electron chi connectivity index (χ1n) is 3.07. The Morgan fingerprint density at radius 2 is 2.30 bits per heavy atom. The van der Waals surface area contributed by atoms with Crippen molar-refractivity contribution in [1.29, 1.82) is 0 Å². The van der Waals surface area contributed by atoms with Crippen LogP contribution in [-0.2, 0) is 0 Å². The number of hydrogen-bond donors (Lipinski definition) is 0. The summed E-state index contributed by atoms with van der Waals surface area (Å²) < 4.78 is 1.01. The van der Waals surface area contributed by atoms with Gasteiger partial charge in [0.1, 0.15) is 0 Å². The molecule has 1 nitrogen and oxygen atoms in total. The Labute approximate surface area is 68.9 Å². The second kappa shape index (κ2) is 3.52. The first-order valence-corrected chi connectivity index (χ1v) is 3.86. The van der Waals surface area contributed by atoms with Crippen molar-refractivity contribution in [2.45, 2.75) is 6.92 Å². The summed E-state index contributed by atoms with van der Waals surface area (Å²) in [5.74, 6) is 0. The summed E-state index contributed by atoms with van der Waals surface area (Å²) in [5, 5.41) is 0. The van der Waals surface area contributed by atoms with E-state index < -0.39 is 0 Å². The lowest BCUT2D eigenvalue weighted by atomic mass is 10.3. The van der Waals surface area contributed by atoms with Gasteiger partial charge in [-0.15, -0.1) is 0 Å². The molecule has 0 saturated heterocycles. The highest BCUT2D eigenvalue weighted by Crippen LogP contribution is 2.07. The van der Waals surface area contributed by atoms with Crippen LogP contribution in [0.2, 0.25) is 0 Å². The van der Waals surface area contributed by atoms with Crippen molar-refractivity contribution in [3.63, 3.8) is 0 Å². The molecule has 0 radical (unpaired) electrons. The molecule has 0 aliphatic rings. The lowest BCUT2D eigenvalue weighted by Gasteiger charge is -1.90. The summed E-state index contributed by atoms with van der Waals surface area (Å²) >= 11 is 3.31. The Kier molecular flexibility index (Phi) is 2.63. The molecule has 0 N–H and O–H groups in total. The molecule has 0 saturated carbocycles. The van der Waals surface area contributed by atoms with E-state index in [0.29, 0.717) is 0 Å². The Morgan fingerprint density at radius 1 is 1.50 bits per heavy atom. The van der Waals surface area contributed by atoms with E-state index in [9.17, 15) is 0 Å². The minimum absolute atomic E-state index is 0.991. The summed E-state index contributed by atoms with van der Waals surface area (Å²) in [5.41, 5.74) is 0.991. The van der Waals surface area contributed by atoms with E-state index in [1.54, 1.807) is 6.20 Å². The fourth-order valence-electron chi connectivity index (χ4n) is 0.657. The molecule has 0 atom stereocenters. The highest BCUT2D eigenvalue weighted by molar-refractivity contribution is 9.10. The highest BCUT2D eigenvalue weighted by Gasteiger charge is 1.86. The van der Waals surface area contributed by atoms with Gasteiger partial charge in [0, 0.05) is 10.7 Å². The molecule has 0 bridgehead atoms. The van der Waals surface area contributed by atoms with Crippen molar-refractivity contribution < 1.29 is 0 Å². The smallest absolute Gasteiger partial charge is 0.0627 e. The normalized spacial score (nSPS) is 10.6. The van der Waals surface area contributed by atoms with Crippen molar-refractivity contribution in [3.05, 3.63) is 34.6 Å². The SMILES string of the molecule is CC=Cc1ccc(Br)cn1. The zero-order valence-corrected chi connectivity index (χ0v) is 7.30. The second-order valence-electron chi connectivity index (χ2n) is 1.90. The van der Waals surface area contributed by atoms with Crippen LogP contribution in [0.25, 0.3) is 6.08 Å². The Morgan fingerprint density at radius 3 is 2.80 bits per heavy atom. The lowest BCUT2D eigenvalue weighted by Crippen LogP contribution is -1.76. The average molecular weight is 198 g/mol. The third-order valence-corrected chi connectivity index (χ3v) is 1.56. The molecule has 0 aliphatic carbocycles. The number of nitrogens with zero attached hydrogens (tertiary/aromatic N) is 1. The van der Waals surface area contributed by atoms with E-state index >= 15 is 0 Å². The molecule has 2 heteroatoms. The molecule has 1 aromatic heterocycles. The minimum Gasteiger partial charge on any atom is -0.256 e. The molecule has 0 amide bonds. The van der Waals surface area contributed by atoms with Gasteiger partial charge < -0.3 is 0 Å². The molecule has 1 rings (SSSR count). The van der Waals surface area contributed by atoms with Crippen molar-refractivity contribution in [1.82, 2.24) is 4.98 Å². The molecule has 0 aliphatic heterocycles. The predicted octanol–water partition coefficient (Wildman–Crippen LogP) is 2.88. The van der Waals surface area contributed by atoms with E-state index in [-0.39, 0.29) is 0 Å². The molecular weight excluding hydrogens is 190 g/mol. The zero-order chi connectivity index (χ0) is 7.40. The fraction of sp³-hybridized carbons (Fsp3) is 0.125. The quantitative estimate of drug-likeness (QED) is 0.675. The van der Waals surface area contributed by atoms with Crippen LogP contribution in [0.3, 0.4) is 0 Å². The number of aromatic nitrogens is 1. The van der Waals surface area contributed by atoms with Crippen LogP contribution in [-0.4, -0.2) is 4.98 Å². The van der Waals surface area contributed by atoms with Gasteiger partial charge in [0.25, 0.3) is 0 Å². The monoisotopic (exact) mass is 197 g/mol. The zero-order valence-electron chi connectivity index (χ0n) is 5.71. The molecule has 1 aromatic rings. The summed E-state index contributed by atoms with van der Waals surface area (Å²) in [4.78, 5) is 4.13. The van der Waals surface area contributed by atoms with Gasteiger partial charge in [0.05, 0.1) is 5.69 Å². The minimum atomic E-state index is 0.991. The Bertz CT molecular complexity index is 226. The van der Waals surface area contributed by atoms with Crippen molar-refractivity contribution in [3.8, 4) is 0 Å². The summed E-state index contributed by atoms with van der Waals surface area (Å²) in [6.45, 7) is 1.98. The van der Waals surface area contributed by atoms with Crippen LogP contribution < -0.4 is 0 Å². The van der Waals surface area contributed by atoms with Gasteiger partial charge in [0.2, 0.25) is 0 Å². The molecule has 0 unspecified atom stereocenters. The predicted molar refractivity (Wildman–Crippen MR) is 46.6 cm³/mol. The molecule has 1 heterocycles. The molecule has 0 spiro atoms. The molecule has 0 fully saturated rings. The maximum absolute atomic E-state index is 4.13. The lowest BCUT2D eigenvalue weighted by molar-refractivity contribution is 1.28. The first kappa shape index (κ1) is 7.48. The highest BCUT2D eigenvalue weighted by atomic mass is 79.9. The number of hydrogen-bond acceptors (Lipinski definition) is 1. The van der Waals surface area contributed by atoms with Gasteiger partial charge in [-0.3, -0.25) is 4.98 Å². The second-order valence-corrected chi connectivity index (χ2v) is 2.82. The maximum Gasteiger partial charge on any atom is 0.0627 e.